The third-order valence-electron chi connectivity index (χ3n) is 4.06. The summed E-state index contributed by atoms with van der Waals surface area (Å²) in [6.07, 6.45) is 2.29. The molecular weight excluding hydrogens is 308 g/mol. The number of carbonyl (C=O) groups is 3. The standard InChI is InChI=1S/C18H30N2O4/c1-10(2)9-13(11(3)17(23)24)15(21)20-14(18(4,5)6)16(22)19-12-7-8-12/h10,12-14H,3,7-9H2,1-2,4-6H3,(H,19,22)(H,20,21)(H,23,24). The zero-order valence-corrected chi connectivity index (χ0v) is 15.3. The predicted octanol–water partition coefficient (Wildman–Crippen LogP) is 2.10. The average molecular weight is 338 g/mol. The first-order chi connectivity index (χ1) is 10.9. The predicted molar refractivity (Wildman–Crippen MR) is 92.3 cm³/mol. The third kappa shape index (κ3) is 5.98. The lowest BCUT2D eigenvalue weighted by atomic mass is 9.84. The second-order valence-electron chi connectivity index (χ2n) is 8.10. The van der Waals surface area contributed by atoms with Gasteiger partial charge in [0.2, 0.25) is 11.8 Å². The molecule has 1 aliphatic carbocycles. The van der Waals surface area contributed by atoms with E-state index in [1.807, 2.05) is 34.6 Å². The molecule has 6 heteroatoms. The number of aliphatic carboxylic acids is 1. The van der Waals surface area contributed by atoms with Crippen LogP contribution in [-0.4, -0.2) is 35.0 Å². The number of carboxylic acid groups (broad SMARTS) is 1. The van der Waals surface area contributed by atoms with Crippen LogP contribution in [0.25, 0.3) is 0 Å². The smallest absolute Gasteiger partial charge is 0.331 e. The van der Waals surface area contributed by atoms with Crippen LogP contribution in [0.1, 0.15) is 53.9 Å². The monoisotopic (exact) mass is 338 g/mol. The summed E-state index contributed by atoms with van der Waals surface area (Å²) in [6.45, 7) is 13.0. The van der Waals surface area contributed by atoms with Crippen molar-refractivity contribution in [3.8, 4) is 0 Å². The van der Waals surface area contributed by atoms with Gasteiger partial charge in [-0.15, -0.1) is 0 Å². The molecule has 24 heavy (non-hydrogen) atoms. The van der Waals surface area contributed by atoms with Crippen LogP contribution in [0.2, 0.25) is 0 Å². The van der Waals surface area contributed by atoms with Crippen molar-refractivity contribution in [2.24, 2.45) is 17.3 Å². The zero-order chi connectivity index (χ0) is 18.7. The molecule has 6 nitrogen and oxygen atoms in total. The highest BCUT2D eigenvalue weighted by atomic mass is 16.4. The SMILES string of the molecule is C=C(C(=O)O)C(CC(C)C)C(=O)NC(C(=O)NC1CC1)C(C)(C)C. The van der Waals surface area contributed by atoms with Gasteiger partial charge in [-0.1, -0.05) is 41.2 Å². The second kappa shape index (κ2) is 7.81. The van der Waals surface area contributed by atoms with Gasteiger partial charge in [0.25, 0.3) is 0 Å². The maximum absolute atomic E-state index is 12.7. The molecule has 136 valence electrons. The van der Waals surface area contributed by atoms with Crippen LogP contribution in [-0.2, 0) is 14.4 Å². The Morgan fingerprint density at radius 1 is 1.17 bits per heavy atom. The number of nitrogens with one attached hydrogen (secondary N) is 2. The summed E-state index contributed by atoms with van der Waals surface area (Å²) >= 11 is 0. The van der Waals surface area contributed by atoms with E-state index < -0.39 is 29.3 Å². The van der Waals surface area contributed by atoms with Gasteiger partial charge in [0.15, 0.2) is 0 Å². The highest BCUT2D eigenvalue weighted by molar-refractivity contribution is 5.97. The Bertz CT molecular complexity index is 516. The molecule has 2 unspecified atom stereocenters. The highest BCUT2D eigenvalue weighted by Crippen LogP contribution is 2.25. The van der Waals surface area contributed by atoms with Crippen LogP contribution in [0.15, 0.2) is 12.2 Å². The molecule has 1 aliphatic rings. The molecule has 0 aromatic carbocycles. The summed E-state index contributed by atoms with van der Waals surface area (Å²) in [6, 6.07) is -0.526. The molecule has 0 saturated heterocycles. The van der Waals surface area contributed by atoms with E-state index in [9.17, 15) is 19.5 Å². The zero-order valence-electron chi connectivity index (χ0n) is 15.3. The van der Waals surface area contributed by atoms with E-state index in [-0.39, 0.29) is 23.4 Å². The van der Waals surface area contributed by atoms with Crippen LogP contribution in [0.4, 0.5) is 0 Å². The Morgan fingerprint density at radius 3 is 2.08 bits per heavy atom. The molecule has 0 radical (unpaired) electrons. The molecule has 1 saturated carbocycles. The van der Waals surface area contributed by atoms with Crippen molar-refractivity contribution in [3.63, 3.8) is 0 Å². The van der Waals surface area contributed by atoms with Crippen molar-refractivity contribution in [2.45, 2.75) is 66.0 Å². The minimum Gasteiger partial charge on any atom is -0.478 e. The molecule has 0 spiro atoms. The fourth-order valence-corrected chi connectivity index (χ4v) is 2.46. The molecule has 0 bridgehead atoms. The third-order valence-corrected chi connectivity index (χ3v) is 4.06. The van der Waals surface area contributed by atoms with Crippen molar-refractivity contribution in [2.75, 3.05) is 0 Å². The minimum absolute atomic E-state index is 0.130. The van der Waals surface area contributed by atoms with Gasteiger partial charge in [-0.3, -0.25) is 9.59 Å². The molecule has 0 heterocycles. The summed E-state index contributed by atoms with van der Waals surface area (Å²) in [5.41, 5.74) is -0.627. The Hall–Kier alpha value is -1.85. The van der Waals surface area contributed by atoms with Crippen LogP contribution >= 0.6 is 0 Å². The first-order valence-electron chi connectivity index (χ1n) is 8.46. The summed E-state index contributed by atoms with van der Waals surface area (Å²) in [5, 5.41) is 14.8. The molecular formula is C18H30N2O4. The topological polar surface area (TPSA) is 95.5 Å². The summed E-state index contributed by atoms with van der Waals surface area (Å²) in [7, 11) is 0. The minimum atomic E-state index is -1.19. The molecule has 0 aromatic heterocycles. The molecule has 3 N–H and O–H groups in total. The maximum atomic E-state index is 12.7. The average Bonchev–Trinajstić information content (AvgIpc) is 3.23. The van der Waals surface area contributed by atoms with E-state index in [0.717, 1.165) is 12.8 Å². The number of hydrogen-bond donors (Lipinski definition) is 3. The largest absolute Gasteiger partial charge is 0.478 e. The van der Waals surface area contributed by atoms with E-state index in [2.05, 4.69) is 17.2 Å². The molecule has 1 fully saturated rings. The van der Waals surface area contributed by atoms with Crippen molar-refractivity contribution in [3.05, 3.63) is 12.2 Å². The lowest BCUT2D eigenvalue weighted by Gasteiger charge is -2.32. The lowest BCUT2D eigenvalue weighted by Crippen LogP contribution is -2.55. The van der Waals surface area contributed by atoms with Gasteiger partial charge in [-0.05, 0) is 30.6 Å². The van der Waals surface area contributed by atoms with Gasteiger partial charge in [0.05, 0.1) is 5.92 Å². The van der Waals surface area contributed by atoms with Gasteiger partial charge >= 0.3 is 5.97 Å². The maximum Gasteiger partial charge on any atom is 0.331 e. The Balaban J connectivity index is 2.91. The number of hydrogen-bond acceptors (Lipinski definition) is 3. The van der Waals surface area contributed by atoms with Crippen LogP contribution in [0.5, 0.6) is 0 Å². The number of carbonyl (C=O) groups excluding carboxylic acids is 2. The van der Waals surface area contributed by atoms with Crippen molar-refractivity contribution in [1.82, 2.24) is 10.6 Å². The van der Waals surface area contributed by atoms with E-state index in [4.69, 9.17) is 0 Å². The first kappa shape index (κ1) is 20.2. The van der Waals surface area contributed by atoms with Gasteiger partial charge < -0.3 is 15.7 Å². The lowest BCUT2D eigenvalue weighted by molar-refractivity contribution is -0.137. The quantitative estimate of drug-likeness (QED) is 0.591. The fourth-order valence-electron chi connectivity index (χ4n) is 2.46. The van der Waals surface area contributed by atoms with Crippen LogP contribution < -0.4 is 10.6 Å². The van der Waals surface area contributed by atoms with E-state index >= 15 is 0 Å². The fraction of sp³-hybridized carbons (Fsp3) is 0.722. The summed E-state index contributed by atoms with van der Waals surface area (Å²) < 4.78 is 0. The number of rotatable bonds is 8. The number of amides is 2. The van der Waals surface area contributed by atoms with E-state index in [1.165, 1.54) is 0 Å². The second-order valence-corrected chi connectivity index (χ2v) is 8.10. The Morgan fingerprint density at radius 2 is 1.71 bits per heavy atom. The van der Waals surface area contributed by atoms with Crippen molar-refractivity contribution in [1.29, 1.82) is 0 Å². The summed E-state index contributed by atoms with van der Waals surface area (Å²) in [4.78, 5) is 36.4. The van der Waals surface area contributed by atoms with Gasteiger partial charge in [0, 0.05) is 11.6 Å². The van der Waals surface area contributed by atoms with Crippen LogP contribution in [0, 0.1) is 17.3 Å². The molecule has 1 rings (SSSR count). The van der Waals surface area contributed by atoms with Gasteiger partial charge in [-0.2, -0.15) is 0 Å². The van der Waals surface area contributed by atoms with E-state index in [0.29, 0.717) is 6.42 Å². The van der Waals surface area contributed by atoms with E-state index in [1.54, 1.807) is 0 Å². The molecule has 0 aromatic rings. The van der Waals surface area contributed by atoms with Crippen LogP contribution in [0.3, 0.4) is 0 Å². The Labute approximate surface area is 144 Å². The summed E-state index contributed by atoms with van der Waals surface area (Å²) in [5.74, 6) is -2.58. The number of carboxylic acids is 1. The molecule has 0 aliphatic heterocycles. The van der Waals surface area contributed by atoms with Gasteiger partial charge in [-0.25, -0.2) is 4.79 Å². The highest BCUT2D eigenvalue weighted by Gasteiger charge is 2.38. The van der Waals surface area contributed by atoms with Gasteiger partial charge in [0.1, 0.15) is 6.04 Å². The van der Waals surface area contributed by atoms with Crippen molar-refractivity contribution >= 4 is 17.8 Å². The molecule has 2 amide bonds. The Kier molecular flexibility index (Phi) is 6.58. The normalized spacial score (nSPS) is 17.1. The van der Waals surface area contributed by atoms with Crippen molar-refractivity contribution < 1.29 is 19.5 Å². The molecule has 2 atom stereocenters. The first-order valence-corrected chi connectivity index (χ1v) is 8.46.